The van der Waals surface area contributed by atoms with Crippen LogP contribution in [-0.4, -0.2) is 6.04 Å². The maximum absolute atomic E-state index is 3.77. The summed E-state index contributed by atoms with van der Waals surface area (Å²) < 4.78 is 0. The minimum absolute atomic E-state index is 0.439. The highest BCUT2D eigenvalue weighted by molar-refractivity contribution is 5.28. The van der Waals surface area contributed by atoms with E-state index >= 15 is 0 Å². The van der Waals surface area contributed by atoms with Crippen LogP contribution < -0.4 is 5.32 Å². The average molecular weight is 279 g/mol. The third kappa shape index (κ3) is 3.36. The van der Waals surface area contributed by atoms with Crippen molar-refractivity contribution in [3.8, 4) is 0 Å². The lowest BCUT2D eigenvalue weighted by Gasteiger charge is -2.38. The molecule has 0 spiro atoms. The van der Waals surface area contributed by atoms with E-state index in [2.05, 4.69) is 74.6 Å². The van der Waals surface area contributed by atoms with Crippen molar-refractivity contribution in [2.75, 3.05) is 0 Å². The molecule has 0 heterocycles. The van der Waals surface area contributed by atoms with E-state index < -0.39 is 0 Å². The van der Waals surface area contributed by atoms with Crippen molar-refractivity contribution in [2.24, 2.45) is 0 Å². The largest absolute Gasteiger partial charge is 0.307 e. The minimum Gasteiger partial charge on any atom is -0.307 e. The zero-order valence-electron chi connectivity index (χ0n) is 13.3. The third-order valence-corrected chi connectivity index (χ3v) is 4.71. The molecule has 1 heteroatoms. The molecule has 1 fully saturated rings. The molecule has 1 N–H and O–H groups in total. The van der Waals surface area contributed by atoms with E-state index in [4.69, 9.17) is 0 Å². The van der Waals surface area contributed by atoms with Gasteiger partial charge in [0.25, 0.3) is 0 Å². The van der Waals surface area contributed by atoms with Gasteiger partial charge in [-0.05, 0) is 50.7 Å². The van der Waals surface area contributed by atoms with Crippen LogP contribution in [0.25, 0.3) is 0 Å². The third-order valence-electron chi connectivity index (χ3n) is 4.71. The summed E-state index contributed by atoms with van der Waals surface area (Å²) in [6, 6.07) is 19.0. The topological polar surface area (TPSA) is 12.0 Å². The molecule has 1 aliphatic carbocycles. The Labute approximate surface area is 128 Å². The van der Waals surface area contributed by atoms with Gasteiger partial charge in [-0.2, -0.15) is 0 Å². The summed E-state index contributed by atoms with van der Waals surface area (Å²) in [5.41, 5.74) is 5.59. The Bertz CT molecular complexity index is 593. The van der Waals surface area contributed by atoms with Crippen molar-refractivity contribution in [1.82, 2.24) is 5.32 Å². The Morgan fingerprint density at radius 2 is 1.67 bits per heavy atom. The van der Waals surface area contributed by atoms with Crippen molar-refractivity contribution in [1.29, 1.82) is 0 Å². The van der Waals surface area contributed by atoms with Gasteiger partial charge in [0.05, 0.1) is 0 Å². The van der Waals surface area contributed by atoms with Crippen LogP contribution in [0.2, 0.25) is 0 Å². The number of rotatable bonds is 4. The normalized spacial score (nSPS) is 22.6. The highest BCUT2D eigenvalue weighted by Gasteiger charge is 2.30. The number of benzene rings is 2. The fourth-order valence-corrected chi connectivity index (χ4v) is 3.25. The van der Waals surface area contributed by atoms with Gasteiger partial charge >= 0.3 is 0 Å². The van der Waals surface area contributed by atoms with Crippen LogP contribution in [0.1, 0.15) is 54.0 Å². The quantitative estimate of drug-likeness (QED) is 0.839. The molecule has 21 heavy (non-hydrogen) atoms. The number of hydrogen-bond acceptors (Lipinski definition) is 1. The van der Waals surface area contributed by atoms with Crippen LogP contribution in [0.5, 0.6) is 0 Å². The molecule has 0 amide bonds. The summed E-state index contributed by atoms with van der Waals surface area (Å²) in [7, 11) is 0. The van der Waals surface area contributed by atoms with Gasteiger partial charge in [0.15, 0.2) is 0 Å². The Morgan fingerprint density at radius 1 is 0.952 bits per heavy atom. The molecular weight excluding hydrogens is 254 g/mol. The monoisotopic (exact) mass is 279 g/mol. The predicted octanol–water partition coefficient (Wildman–Crippen LogP) is 4.90. The molecule has 2 aromatic carbocycles. The number of aryl methyl sites for hydroxylation is 2. The van der Waals surface area contributed by atoms with E-state index in [9.17, 15) is 0 Å². The first-order valence-corrected chi connectivity index (χ1v) is 8.01. The van der Waals surface area contributed by atoms with E-state index in [-0.39, 0.29) is 0 Å². The maximum atomic E-state index is 3.77. The van der Waals surface area contributed by atoms with Crippen LogP contribution in [0.3, 0.4) is 0 Å². The van der Waals surface area contributed by atoms with E-state index in [0.29, 0.717) is 12.1 Å². The highest BCUT2D eigenvalue weighted by Crippen LogP contribution is 2.38. The Kier molecular flexibility index (Phi) is 4.12. The molecule has 1 atom stereocenters. The zero-order valence-corrected chi connectivity index (χ0v) is 13.3. The second kappa shape index (κ2) is 6.03. The van der Waals surface area contributed by atoms with Gasteiger partial charge in [-0.1, -0.05) is 59.7 Å². The van der Waals surface area contributed by atoms with Crippen molar-refractivity contribution in [3.63, 3.8) is 0 Å². The molecule has 0 aliphatic heterocycles. The zero-order chi connectivity index (χ0) is 14.8. The minimum atomic E-state index is 0.439. The fraction of sp³-hybridized carbons (Fsp3) is 0.400. The van der Waals surface area contributed by atoms with Crippen LogP contribution in [0.4, 0.5) is 0 Å². The van der Waals surface area contributed by atoms with Crippen LogP contribution in [0, 0.1) is 13.8 Å². The van der Waals surface area contributed by atoms with Crippen molar-refractivity contribution in [2.45, 2.75) is 51.6 Å². The first kappa shape index (κ1) is 14.3. The van der Waals surface area contributed by atoms with Gasteiger partial charge in [-0.3, -0.25) is 0 Å². The smallest absolute Gasteiger partial charge is 0.0294 e. The second-order valence-electron chi connectivity index (χ2n) is 6.58. The Hall–Kier alpha value is -1.60. The van der Waals surface area contributed by atoms with Gasteiger partial charge in [0.2, 0.25) is 0 Å². The molecule has 0 radical (unpaired) electrons. The summed E-state index contributed by atoms with van der Waals surface area (Å²) in [5.74, 6) is 0.743. The van der Waals surface area contributed by atoms with Gasteiger partial charge in [0.1, 0.15) is 0 Å². The molecule has 0 unspecified atom stereocenters. The van der Waals surface area contributed by atoms with Crippen LogP contribution in [0.15, 0.2) is 48.5 Å². The Balaban J connectivity index is 1.54. The van der Waals surface area contributed by atoms with Crippen molar-refractivity contribution in [3.05, 3.63) is 70.8 Å². The SMILES string of the molecule is Cc1ccc(C2CC(N[C@H](C)c3cccc(C)c3)C2)cc1. The fourth-order valence-electron chi connectivity index (χ4n) is 3.25. The van der Waals surface area contributed by atoms with E-state index in [0.717, 1.165) is 5.92 Å². The summed E-state index contributed by atoms with van der Waals surface area (Å²) >= 11 is 0. The molecule has 1 saturated carbocycles. The van der Waals surface area contributed by atoms with E-state index in [1.807, 2.05) is 0 Å². The Morgan fingerprint density at radius 3 is 2.33 bits per heavy atom. The molecule has 1 nitrogen and oxygen atoms in total. The molecule has 2 aromatic rings. The number of hydrogen-bond donors (Lipinski definition) is 1. The van der Waals surface area contributed by atoms with Gasteiger partial charge in [-0.15, -0.1) is 0 Å². The molecule has 110 valence electrons. The lowest BCUT2D eigenvalue weighted by atomic mass is 9.75. The van der Waals surface area contributed by atoms with Gasteiger partial charge < -0.3 is 5.32 Å². The molecular formula is C20H25N. The van der Waals surface area contributed by atoms with E-state index in [1.54, 1.807) is 0 Å². The molecule has 3 rings (SSSR count). The second-order valence-corrected chi connectivity index (χ2v) is 6.58. The standard InChI is InChI=1S/C20H25N/c1-14-7-9-17(10-8-14)19-12-20(13-19)21-16(3)18-6-4-5-15(2)11-18/h4-11,16,19-21H,12-13H2,1-3H3/t16-,19?,20?/m1/s1. The number of nitrogens with one attached hydrogen (secondary N) is 1. The van der Waals surface area contributed by atoms with Crippen molar-refractivity contribution >= 4 is 0 Å². The summed E-state index contributed by atoms with van der Waals surface area (Å²) in [6.07, 6.45) is 2.53. The highest BCUT2D eigenvalue weighted by atomic mass is 15.0. The molecule has 0 bridgehead atoms. The molecule has 0 aromatic heterocycles. The van der Waals surface area contributed by atoms with Gasteiger partial charge in [0, 0.05) is 12.1 Å². The summed E-state index contributed by atoms with van der Waals surface area (Å²) in [5, 5.41) is 3.77. The van der Waals surface area contributed by atoms with Gasteiger partial charge in [-0.25, -0.2) is 0 Å². The van der Waals surface area contributed by atoms with Crippen LogP contribution >= 0.6 is 0 Å². The summed E-state index contributed by atoms with van der Waals surface area (Å²) in [4.78, 5) is 0. The van der Waals surface area contributed by atoms with Crippen LogP contribution in [-0.2, 0) is 0 Å². The predicted molar refractivity (Wildman–Crippen MR) is 89.7 cm³/mol. The van der Waals surface area contributed by atoms with E-state index in [1.165, 1.54) is 35.1 Å². The maximum Gasteiger partial charge on any atom is 0.0294 e. The lowest BCUT2D eigenvalue weighted by molar-refractivity contribution is 0.271. The lowest BCUT2D eigenvalue weighted by Crippen LogP contribution is -2.41. The summed E-state index contributed by atoms with van der Waals surface area (Å²) in [6.45, 7) is 6.58. The molecule has 0 saturated heterocycles. The van der Waals surface area contributed by atoms with Crippen molar-refractivity contribution < 1.29 is 0 Å². The first-order valence-electron chi connectivity index (χ1n) is 8.01. The molecule has 1 aliphatic rings. The average Bonchev–Trinajstić information content (AvgIpc) is 2.43. The first-order chi connectivity index (χ1) is 10.1.